The molecule has 76 valence electrons. The van der Waals surface area contributed by atoms with Crippen molar-refractivity contribution in [2.45, 2.75) is 50.6 Å². The summed E-state index contributed by atoms with van der Waals surface area (Å²) < 4.78 is 26.0. The first-order valence-electron chi connectivity index (χ1n) is 5.14. The van der Waals surface area contributed by atoms with Gasteiger partial charge in [-0.25, -0.2) is 8.78 Å². The molecule has 2 rings (SSSR count). The van der Waals surface area contributed by atoms with Crippen molar-refractivity contribution in [3.63, 3.8) is 0 Å². The van der Waals surface area contributed by atoms with Gasteiger partial charge < -0.3 is 5.11 Å². The lowest BCUT2D eigenvalue weighted by Crippen LogP contribution is -2.33. The maximum Gasteiger partial charge on any atom is 0.248 e. The smallest absolute Gasteiger partial charge is 0.248 e. The van der Waals surface area contributed by atoms with E-state index in [-0.39, 0.29) is 18.8 Å². The summed E-state index contributed by atoms with van der Waals surface area (Å²) in [6.45, 7) is 0. The van der Waals surface area contributed by atoms with Gasteiger partial charge >= 0.3 is 0 Å². The largest absolute Gasteiger partial charge is 0.393 e. The van der Waals surface area contributed by atoms with E-state index in [0.717, 1.165) is 19.3 Å². The molecule has 2 fully saturated rings. The van der Waals surface area contributed by atoms with Crippen LogP contribution < -0.4 is 0 Å². The second-order valence-corrected chi connectivity index (χ2v) is 4.54. The average molecular weight is 190 g/mol. The molecule has 0 amide bonds. The normalized spacial score (nSPS) is 35.8. The minimum absolute atomic E-state index is 0.0148. The Labute approximate surface area is 77.1 Å². The Bertz CT molecular complexity index is 189. The Balaban J connectivity index is 1.91. The lowest BCUT2D eigenvalue weighted by Gasteiger charge is -2.31. The molecule has 1 N–H and O–H groups in total. The van der Waals surface area contributed by atoms with Gasteiger partial charge in [-0.15, -0.1) is 0 Å². The molecule has 0 saturated heterocycles. The Hall–Kier alpha value is -0.180. The SMILES string of the molecule is OC(C1CC1)C1CCCC(F)(F)C1. The van der Waals surface area contributed by atoms with Crippen molar-refractivity contribution >= 4 is 0 Å². The number of aliphatic hydroxyl groups is 1. The number of halogens is 2. The van der Waals surface area contributed by atoms with Crippen LogP contribution in [0.1, 0.15) is 38.5 Å². The van der Waals surface area contributed by atoms with Crippen molar-refractivity contribution in [3.05, 3.63) is 0 Å². The average Bonchev–Trinajstić information content (AvgIpc) is 2.83. The van der Waals surface area contributed by atoms with E-state index < -0.39 is 12.0 Å². The third kappa shape index (κ3) is 2.19. The van der Waals surface area contributed by atoms with Crippen LogP contribution in [0.4, 0.5) is 8.78 Å². The maximum atomic E-state index is 13.0. The summed E-state index contributed by atoms with van der Waals surface area (Å²) in [5, 5.41) is 9.71. The molecule has 0 bridgehead atoms. The van der Waals surface area contributed by atoms with Crippen molar-refractivity contribution in [3.8, 4) is 0 Å². The molecule has 1 nitrogen and oxygen atoms in total. The van der Waals surface area contributed by atoms with E-state index in [9.17, 15) is 13.9 Å². The Morgan fingerprint density at radius 2 is 1.85 bits per heavy atom. The summed E-state index contributed by atoms with van der Waals surface area (Å²) >= 11 is 0. The predicted octanol–water partition coefficient (Wildman–Crippen LogP) is 2.58. The van der Waals surface area contributed by atoms with Crippen molar-refractivity contribution < 1.29 is 13.9 Å². The second kappa shape index (κ2) is 3.19. The summed E-state index contributed by atoms with van der Waals surface area (Å²) in [4.78, 5) is 0. The molecule has 3 heteroatoms. The van der Waals surface area contributed by atoms with Crippen LogP contribution in [0.2, 0.25) is 0 Å². The zero-order valence-electron chi connectivity index (χ0n) is 7.68. The van der Waals surface area contributed by atoms with Crippen molar-refractivity contribution in [1.29, 1.82) is 0 Å². The Morgan fingerprint density at radius 1 is 1.15 bits per heavy atom. The standard InChI is InChI=1S/C10H16F2O/c11-10(12)5-1-2-8(6-10)9(13)7-3-4-7/h7-9,13H,1-6H2. The van der Waals surface area contributed by atoms with Crippen LogP contribution in [-0.4, -0.2) is 17.1 Å². The summed E-state index contributed by atoms with van der Waals surface area (Å²) in [5.41, 5.74) is 0. The van der Waals surface area contributed by atoms with E-state index >= 15 is 0 Å². The van der Waals surface area contributed by atoms with Crippen LogP contribution in [0.3, 0.4) is 0 Å². The van der Waals surface area contributed by atoms with Crippen LogP contribution in [0.25, 0.3) is 0 Å². The van der Waals surface area contributed by atoms with E-state index in [4.69, 9.17) is 0 Å². The molecule has 2 saturated carbocycles. The first-order chi connectivity index (χ1) is 6.08. The van der Waals surface area contributed by atoms with Gasteiger partial charge in [-0.2, -0.15) is 0 Å². The molecule has 0 heterocycles. The predicted molar refractivity (Wildman–Crippen MR) is 45.6 cm³/mol. The van der Waals surface area contributed by atoms with Crippen molar-refractivity contribution in [1.82, 2.24) is 0 Å². The number of aliphatic hydroxyl groups excluding tert-OH is 1. The molecule has 0 aromatic rings. The zero-order chi connectivity index (χ0) is 9.47. The Morgan fingerprint density at radius 3 is 2.38 bits per heavy atom. The fourth-order valence-corrected chi connectivity index (χ4v) is 2.32. The molecule has 0 radical (unpaired) electrons. The third-order valence-corrected chi connectivity index (χ3v) is 3.27. The highest BCUT2D eigenvalue weighted by Gasteiger charge is 2.43. The molecule has 2 aliphatic carbocycles. The maximum absolute atomic E-state index is 13.0. The summed E-state index contributed by atoms with van der Waals surface area (Å²) in [5.74, 6) is -2.33. The van der Waals surface area contributed by atoms with Gasteiger partial charge in [0.2, 0.25) is 5.92 Å². The van der Waals surface area contributed by atoms with E-state index in [1.165, 1.54) is 0 Å². The number of hydrogen-bond acceptors (Lipinski definition) is 1. The Kier molecular flexibility index (Phi) is 2.30. The lowest BCUT2D eigenvalue weighted by molar-refractivity contribution is -0.0786. The third-order valence-electron chi connectivity index (χ3n) is 3.27. The van der Waals surface area contributed by atoms with E-state index in [1.807, 2.05) is 0 Å². The van der Waals surface area contributed by atoms with Crippen LogP contribution in [-0.2, 0) is 0 Å². The molecule has 0 spiro atoms. The van der Waals surface area contributed by atoms with Crippen LogP contribution in [0.5, 0.6) is 0 Å². The zero-order valence-corrected chi connectivity index (χ0v) is 7.68. The molecule has 0 aromatic heterocycles. The highest BCUT2D eigenvalue weighted by Crippen LogP contribution is 2.44. The quantitative estimate of drug-likeness (QED) is 0.709. The van der Waals surface area contributed by atoms with E-state index in [0.29, 0.717) is 12.3 Å². The molecular weight excluding hydrogens is 174 g/mol. The number of hydrogen-bond donors (Lipinski definition) is 1. The van der Waals surface area contributed by atoms with E-state index in [1.54, 1.807) is 0 Å². The molecule has 2 atom stereocenters. The molecular formula is C10H16F2O. The first kappa shape index (κ1) is 9.38. The molecule has 0 aliphatic heterocycles. The van der Waals surface area contributed by atoms with Gasteiger partial charge in [-0.05, 0) is 37.5 Å². The van der Waals surface area contributed by atoms with Crippen LogP contribution in [0, 0.1) is 11.8 Å². The number of alkyl halides is 2. The first-order valence-corrected chi connectivity index (χ1v) is 5.14. The topological polar surface area (TPSA) is 20.2 Å². The summed E-state index contributed by atoms with van der Waals surface area (Å²) in [6, 6.07) is 0. The fraction of sp³-hybridized carbons (Fsp3) is 1.00. The van der Waals surface area contributed by atoms with Gasteiger partial charge in [0.15, 0.2) is 0 Å². The molecule has 0 aromatic carbocycles. The lowest BCUT2D eigenvalue weighted by atomic mass is 9.81. The highest BCUT2D eigenvalue weighted by atomic mass is 19.3. The minimum Gasteiger partial charge on any atom is -0.393 e. The van der Waals surface area contributed by atoms with E-state index in [2.05, 4.69) is 0 Å². The van der Waals surface area contributed by atoms with Crippen LogP contribution >= 0.6 is 0 Å². The van der Waals surface area contributed by atoms with Crippen molar-refractivity contribution in [2.24, 2.45) is 11.8 Å². The highest BCUT2D eigenvalue weighted by molar-refractivity contribution is 4.90. The number of rotatable bonds is 2. The molecule has 13 heavy (non-hydrogen) atoms. The van der Waals surface area contributed by atoms with Gasteiger partial charge in [0.25, 0.3) is 0 Å². The second-order valence-electron chi connectivity index (χ2n) is 4.54. The molecule has 2 unspecified atom stereocenters. The van der Waals surface area contributed by atoms with Gasteiger partial charge in [0.05, 0.1) is 6.10 Å². The fourth-order valence-electron chi connectivity index (χ4n) is 2.32. The monoisotopic (exact) mass is 190 g/mol. The van der Waals surface area contributed by atoms with Gasteiger partial charge in [-0.1, -0.05) is 0 Å². The van der Waals surface area contributed by atoms with Crippen LogP contribution in [0.15, 0.2) is 0 Å². The summed E-state index contributed by atoms with van der Waals surface area (Å²) in [7, 11) is 0. The van der Waals surface area contributed by atoms with Gasteiger partial charge in [0.1, 0.15) is 0 Å². The molecule has 2 aliphatic rings. The van der Waals surface area contributed by atoms with Gasteiger partial charge in [0, 0.05) is 12.8 Å². The minimum atomic E-state index is -2.52. The van der Waals surface area contributed by atoms with Gasteiger partial charge in [-0.3, -0.25) is 0 Å². The van der Waals surface area contributed by atoms with Crippen molar-refractivity contribution in [2.75, 3.05) is 0 Å². The summed E-state index contributed by atoms with van der Waals surface area (Å²) in [6.07, 6.45) is 2.89.